The predicted molar refractivity (Wildman–Crippen MR) is 77.1 cm³/mol. The van der Waals surface area contributed by atoms with E-state index in [0.717, 1.165) is 5.56 Å². The summed E-state index contributed by atoms with van der Waals surface area (Å²) in [5, 5.41) is 8.86. The highest BCUT2D eigenvalue weighted by Gasteiger charge is 2.25. The Balaban J connectivity index is 3.06. The van der Waals surface area contributed by atoms with Crippen molar-refractivity contribution < 1.29 is 18.3 Å². The van der Waals surface area contributed by atoms with Crippen molar-refractivity contribution in [1.82, 2.24) is 4.72 Å². The topological polar surface area (TPSA) is 83.5 Å². The minimum Gasteiger partial charge on any atom is -0.481 e. The van der Waals surface area contributed by atoms with Crippen molar-refractivity contribution in [3.8, 4) is 0 Å². The van der Waals surface area contributed by atoms with Crippen LogP contribution in [0.4, 0.5) is 0 Å². The number of carboxylic acid groups (broad SMARTS) is 1. The summed E-state index contributed by atoms with van der Waals surface area (Å²) < 4.78 is 27.2. The van der Waals surface area contributed by atoms with Gasteiger partial charge in [0.2, 0.25) is 10.0 Å². The van der Waals surface area contributed by atoms with Crippen molar-refractivity contribution in [1.29, 1.82) is 0 Å². The lowest BCUT2D eigenvalue weighted by atomic mass is 10.0. The molecule has 1 unspecified atom stereocenters. The van der Waals surface area contributed by atoms with Crippen LogP contribution in [0.15, 0.2) is 23.1 Å². The summed E-state index contributed by atoms with van der Waals surface area (Å²) in [4.78, 5) is 11.0. The van der Waals surface area contributed by atoms with Gasteiger partial charge in [0, 0.05) is 6.04 Å². The summed E-state index contributed by atoms with van der Waals surface area (Å²) in [6, 6.07) is 4.43. The number of carboxylic acids is 1. The number of sulfonamides is 1. The van der Waals surface area contributed by atoms with Crippen LogP contribution in [0.3, 0.4) is 0 Å². The van der Waals surface area contributed by atoms with Gasteiger partial charge in [-0.2, -0.15) is 0 Å². The number of rotatable bonds is 6. The molecule has 2 N–H and O–H groups in total. The third-order valence-corrected chi connectivity index (χ3v) is 4.78. The smallest absolute Gasteiger partial charge is 0.304 e. The molecule has 6 heteroatoms. The fourth-order valence-electron chi connectivity index (χ4n) is 1.97. The van der Waals surface area contributed by atoms with Gasteiger partial charge in [0.05, 0.1) is 11.3 Å². The molecule has 1 aromatic rings. The van der Waals surface area contributed by atoms with Gasteiger partial charge in [-0.1, -0.05) is 31.5 Å². The SMILES string of the molecule is Cc1ccc(S(=O)(=O)NC(CC(=O)O)C(C)C)c(C)c1. The first kappa shape index (κ1) is 16.7. The number of nitrogens with one attached hydrogen (secondary N) is 1. The van der Waals surface area contributed by atoms with Crippen LogP contribution in [0.1, 0.15) is 31.4 Å². The molecule has 0 aromatic heterocycles. The van der Waals surface area contributed by atoms with E-state index in [1.54, 1.807) is 39.0 Å². The van der Waals surface area contributed by atoms with E-state index < -0.39 is 22.0 Å². The molecule has 0 aliphatic heterocycles. The molecular formula is C14H21NO4S. The molecule has 1 aromatic carbocycles. The van der Waals surface area contributed by atoms with E-state index in [9.17, 15) is 13.2 Å². The maximum atomic E-state index is 12.4. The first-order valence-electron chi connectivity index (χ1n) is 6.45. The average molecular weight is 299 g/mol. The molecule has 1 rings (SSSR count). The van der Waals surface area contributed by atoms with Crippen molar-refractivity contribution in [2.24, 2.45) is 5.92 Å². The Kier molecular flexibility index (Phi) is 5.30. The number of aliphatic carboxylic acids is 1. The lowest BCUT2D eigenvalue weighted by molar-refractivity contribution is -0.137. The lowest BCUT2D eigenvalue weighted by Crippen LogP contribution is -2.40. The summed E-state index contributed by atoms with van der Waals surface area (Å²) in [6.45, 7) is 7.19. The molecule has 1 atom stereocenters. The zero-order chi connectivity index (χ0) is 15.5. The standard InChI is InChI=1S/C14H21NO4S/c1-9(2)12(8-14(16)17)15-20(18,19)13-6-5-10(3)7-11(13)4/h5-7,9,12,15H,8H2,1-4H3,(H,16,17). The minimum absolute atomic E-state index is 0.105. The maximum Gasteiger partial charge on any atom is 0.304 e. The van der Waals surface area contributed by atoms with E-state index in [1.807, 2.05) is 6.92 Å². The summed E-state index contributed by atoms with van der Waals surface area (Å²) in [5.41, 5.74) is 1.63. The van der Waals surface area contributed by atoms with Gasteiger partial charge >= 0.3 is 5.97 Å². The molecule has 0 saturated carbocycles. The molecule has 20 heavy (non-hydrogen) atoms. The first-order valence-corrected chi connectivity index (χ1v) is 7.93. The molecule has 0 spiro atoms. The zero-order valence-corrected chi connectivity index (χ0v) is 13.0. The van der Waals surface area contributed by atoms with Crippen molar-refractivity contribution in [2.45, 2.75) is 45.1 Å². The van der Waals surface area contributed by atoms with Crippen LogP contribution in [-0.4, -0.2) is 25.5 Å². The second kappa shape index (κ2) is 6.37. The van der Waals surface area contributed by atoms with Crippen molar-refractivity contribution in [3.63, 3.8) is 0 Å². The Labute approximate surface area is 120 Å². The van der Waals surface area contributed by atoms with E-state index in [4.69, 9.17) is 5.11 Å². The summed E-state index contributed by atoms with van der Waals surface area (Å²) in [6.07, 6.45) is -0.234. The van der Waals surface area contributed by atoms with E-state index in [-0.39, 0.29) is 17.2 Å². The van der Waals surface area contributed by atoms with E-state index >= 15 is 0 Å². The summed E-state index contributed by atoms with van der Waals surface area (Å²) in [7, 11) is -3.71. The van der Waals surface area contributed by atoms with Crippen LogP contribution in [0.25, 0.3) is 0 Å². The predicted octanol–water partition coefficient (Wildman–Crippen LogP) is 2.08. The van der Waals surface area contributed by atoms with Gasteiger partial charge in [-0.3, -0.25) is 4.79 Å². The molecule has 0 radical (unpaired) electrons. The highest BCUT2D eigenvalue weighted by Crippen LogP contribution is 2.18. The molecule has 0 aliphatic carbocycles. The van der Waals surface area contributed by atoms with Crippen molar-refractivity contribution in [3.05, 3.63) is 29.3 Å². The fourth-order valence-corrected chi connectivity index (χ4v) is 3.58. The monoisotopic (exact) mass is 299 g/mol. The Morgan fingerprint density at radius 3 is 2.35 bits per heavy atom. The first-order chi connectivity index (χ1) is 9.13. The van der Waals surface area contributed by atoms with Gasteiger partial charge in [0.25, 0.3) is 0 Å². The molecule has 0 fully saturated rings. The zero-order valence-electron chi connectivity index (χ0n) is 12.2. The normalized spacial score (nSPS) is 13.4. The van der Waals surface area contributed by atoms with Crippen LogP contribution in [0, 0.1) is 19.8 Å². The van der Waals surface area contributed by atoms with E-state index in [2.05, 4.69) is 4.72 Å². The number of carbonyl (C=O) groups is 1. The van der Waals surface area contributed by atoms with Crippen molar-refractivity contribution >= 4 is 16.0 Å². The van der Waals surface area contributed by atoms with Crippen LogP contribution in [0.5, 0.6) is 0 Å². The minimum atomic E-state index is -3.71. The van der Waals surface area contributed by atoms with Crippen LogP contribution >= 0.6 is 0 Å². The molecule has 0 saturated heterocycles. The van der Waals surface area contributed by atoms with Gasteiger partial charge in [-0.05, 0) is 31.4 Å². The lowest BCUT2D eigenvalue weighted by Gasteiger charge is -2.21. The molecule has 112 valence electrons. The van der Waals surface area contributed by atoms with Gasteiger partial charge in [-0.25, -0.2) is 13.1 Å². The quantitative estimate of drug-likeness (QED) is 0.842. The number of benzene rings is 1. The largest absolute Gasteiger partial charge is 0.481 e. The van der Waals surface area contributed by atoms with Gasteiger partial charge in [-0.15, -0.1) is 0 Å². The second-order valence-electron chi connectivity index (χ2n) is 5.34. The van der Waals surface area contributed by atoms with Crippen LogP contribution in [0.2, 0.25) is 0 Å². The Bertz CT molecular complexity index is 593. The highest BCUT2D eigenvalue weighted by molar-refractivity contribution is 7.89. The Morgan fingerprint density at radius 1 is 1.30 bits per heavy atom. The molecular weight excluding hydrogens is 278 g/mol. The average Bonchev–Trinajstić information content (AvgIpc) is 2.26. The van der Waals surface area contributed by atoms with Crippen LogP contribution < -0.4 is 4.72 Å². The highest BCUT2D eigenvalue weighted by atomic mass is 32.2. The van der Waals surface area contributed by atoms with E-state index in [1.165, 1.54) is 0 Å². The second-order valence-corrected chi connectivity index (χ2v) is 7.02. The molecule has 0 heterocycles. The maximum absolute atomic E-state index is 12.4. The van der Waals surface area contributed by atoms with Gasteiger partial charge in [0.1, 0.15) is 0 Å². The fraction of sp³-hybridized carbons (Fsp3) is 0.500. The third-order valence-electron chi connectivity index (χ3n) is 3.13. The van der Waals surface area contributed by atoms with Gasteiger partial charge < -0.3 is 5.11 Å². The summed E-state index contributed by atoms with van der Waals surface area (Å²) in [5.74, 6) is -1.13. The number of hydrogen-bond donors (Lipinski definition) is 2. The third kappa shape index (κ3) is 4.31. The molecule has 0 amide bonds. The number of hydrogen-bond acceptors (Lipinski definition) is 3. The van der Waals surface area contributed by atoms with Gasteiger partial charge in [0.15, 0.2) is 0 Å². The van der Waals surface area contributed by atoms with E-state index in [0.29, 0.717) is 5.56 Å². The summed E-state index contributed by atoms with van der Waals surface area (Å²) >= 11 is 0. The van der Waals surface area contributed by atoms with Crippen LogP contribution in [-0.2, 0) is 14.8 Å². The molecule has 0 aliphatic rings. The Morgan fingerprint density at radius 2 is 1.90 bits per heavy atom. The molecule has 0 bridgehead atoms. The Hall–Kier alpha value is -1.40. The molecule has 5 nitrogen and oxygen atoms in total. The van der Waals surface area contributed by atoms with Crippen molar-refractivity contribution in [2.75, 3.05) is 0 Å². The number of aryl methyl sites for hydroxylation is 2.